The van der Waals surface area contributed by atoms with Crippen LogP contribution in [0, 0.1) is 11.7 Å². The van der Waals surface area contributed by atoms with Crippen LogP contribution in [0.5, 0.6) is 5.75 Å². The number of carbonyl (C=O) groups is 1. The molecule has 0 aliphatic carbocycles. The van der Waals surface area contributed by atoms with Crippen molar-refractivity contribution in [2.24, 2.45) is 5.92 Å². The van der Waals surface area contributed by atoms with E-state index in [4.69, 9.17) is 4.74 Å². The predicted molar refractivity (Wildman–Crippen MR) is 112 cm³/mol. The Morgan fingerprint density at radius 2 is 2.03 bits per heavy atom. The summed E-state index contributed by atoms with van der Waals surface area (Å²) in [4.78, 5) is 14.7. The molecule has 1 fully saturated rings. The van der Waals surface area contributed by atoms with Crippen molar-refractivity contribution in [3.63, 3.8) is 0 Å². The maximum atomic E-state index is 13.3. The number of hydrogen-bond donors (Lipinski definition) is 2. The first-order chi connectivity index (χ1) is 14.1. The molecule has 3 unspecified atom stereocenters. The lowest BCUT2D eigenvalue weighted by molar-refractivity contribution is -0.122. The van der Waals surface area contributed by atoms with Crippen molar-refractivity contribution in [3.8, 4) is 5.75 Å². The van der Waals surface area contributed by atoms with E-state index >= 15 is 0 Å². The van der Waals surface area contributed by atoms with E-state index < -0.39 is 0 Å². The molecular weight excluding hydrogens is 369 g/mol. The van der Waals surface area contributed by atoms with Crippen LogP contribution in [0.4, 0.5) is 10.1 Å². The number of anilines is 1. The minimum atomic E-state index is -0.223. The summed E-state index contributed by atoms with van der Waals surface area (Å²) < 4.78 is 18.7. The molecule has 6 heteroatoms. The van der Waals surface area contributed by atoms with E-state index in [0.29, 0.717) is 13.0 Å². The summed E-state index contributed by atoms with van der Waals surface area (Å²) in [6, 6.07) is 12.9. The molecule has 154 valence electrons. The van der Waals surface area contributed by atoms with E-state index in [2.05, 4.69) is 10.6 Å². The van der Waals surface area contributed by atoms with Crippen LogP contribution >= 0.6 is 0 Å². The zero-order valence-corrected chi connectivity index (χ0v) is 17.0. The lowest BCUT2D eigenvalue weighted by Gasteiger charge is -2.36. The van der Waals surface area contributed by atoms with E-state index in [1.807, 2.05) is 37.4 Å². The Bertz CT molecular complexity index is 871. The zero-order valence-electron chi connectivity index (χ0n) is 17.0. The normalized spacial score (nSPS) is 24.3. The molecule has 2 N–H and O–H groups in total. The Morgan fingerprint density at radius 1 is 1.24 bits per heavy atom. The van der Waals surface area contributed by atoms with Crippen molar-refractivity contribution in [3.05, 3.63) is 59.4 Å². The molecule has 4 rings (SSSR count). The van der Waals surface area contributed by atoms with Gasteiger partial charge in [0.2, 0.25) is 5.91 Å². The number of hydrogen-bond acceptors (Lipinski definition) is 4. The summed E-state index contributed by atoms with van der Waals surface area (Å²) in [6.45, 7) is 1.56. The maximum Gasteiger partial charge on any atom is 0.231 e. The number of fused-ring (bicyclic) bond motifs is 1. The van der Waals surface area contributed by atoms with Crippen molar-refractivity contribution in [2.45, 2.75) is 31.3 Å². The highest BCUT2D eigenvalue weighted by Crippen LogP contribution is 2.33. The largest absolute Gasteiger partial charge is 0.497 e. The molecule has 0 radical (unpaired) electrons. The third-order valence-corrected chi connectivity index (χ3v) is 6.11. The highest BCUT2D eigenvalue weighted by atomic mass is 19.1. The van der Waals surface area contributed by atoms with Gasteiger partial charge in [0.1, 0.15) is 11.6 Å². The van der Waals surface area contributed by atoms with Crippen LogP contribution in [-0.2, 0) is 11.2 Å². The summed E-state index contributed by atoms with van der Waals surface area (Å²) in [5.41, 5.74) is 3.16. The summed E-state index contributed by atoms with van der Waals surface area (Å²) in [5, 5.41) is 7.18. The van der Waals surface area contributed by atoms with Crippen LogP contribution < -0.4 is 20.3 Å². The first-order valence-electron chi connectivity index (χ1n) is 10.2. The van der Waals surface area contributed by atoms with E-state index in [1.54, 1.807) is 12.0 Å². The van der Waals surface area contributed by atoms with Crippen LogP contribution in [0.3, 0.4) is 0 Å². The van der Waals surface area contributed by atoms with E-state index in [9.17, 15) is 9.18 Å². The number of ether oxygens (including phenoxy) is 1. The number of carbonyl (C=O) groups excluding carboxylic acids is 1. The minimum absolute atomic E-state index is 0.115. The van der Waals surface area contributed by atoms with Gasteiger partial charge in [0.15, 0.2) is 0 Å². The topological polar surface area (TPSA) is 53.6 Å². The first kappa shape index (κ1) is 19.9. The summed E-state index contributed by atoms with van der Waals surface area (Å²) in [5.74, 6) is 0.609. The number of benzene rings is 2. The van der Waals surface area contributed by atoms with Gasteiger partial charge in [-0.2, -0.15) is 0 Å². The Kier molecular flexibility index (Phi) is 5.83. The van der Waals surface area contributed by atoms with Crippen molar-refractivity contribution in [1.82, 2.24) is 10.6 Å². The molecule has 1 saturated heterocycles. The van der Waals surface area contributed by atoms with Gasteiger partial charge in [-0.15, -0.1) is 0 Å². The summed E-state index contributed by atoms with van der Waals surface area (Å²) in [6.07, 6.45) is 2.80. The molecule has 0 bridgehead atoms. The van der Waals surface area contributed by atoms with Crippen molar-refractivity contribution < 1.29 is 13.9 Å². The Morgan fingerprint density at radius 3 is 2.79 bits per heavy atom. The number of methoxy groups -OCH3 is 1. The molecule has 0 spiro atoms. The van der Waals surface area contributed by atoms with Gasteiger partial charge in [0, 0.05) is 31.4 Å². The van der Waals surface area contributed by atoms with Crippen LogP contribution in [0.2, 0.25) is 0 Å². The van der Waals surface area contributed by atoms with Crippen LogP contribution in [0.25, 0.3) is 0 Å². The molecular formula is C23H28FN3O2. The predicted octanol–water partition coefficient (Wildman–Crippen LogP) is 3.05. The minimum Gasteiger partial charge on any atom is -0.497 e. The van der Waals surface area contributed by atoms with Gasteiger partial charge in [0.05, 0.1) is 13.0 Å². The molecule has 1 amide bonds. The van der Waals surface area contributed by atoms with Crippen molar-refractivity contribution in [1.29, 1.82) is 0 Å². The van der Waals surface area contributed by atoms with Crippen LogP contribution in [-0.4, -0.2) is 39.2 Å². The molecule has 2 aromatic carbocycles. The number of nitrogens with zero attached hydrogens (tertiary/aromatic N) is 1. The quantitative estimate of drug-likeness (QED) is 0.814. The molecule has 0 saturated carbocycles. The maximum absolute atomic E-state index is 13.3. The second kappa shape index (κ2) is 8.51. The molecule has 29 heavy (non-hydrogen) atoms. The standard InChI is InChI=1S/C23H28FN3O2/c1-27-21-10-9-19(29-2)13-16(21)12-17(23(27)28)14-26-20-4-3-11-25-22(20)15-5-7-18(24)8-6-15/h5-10,13,17,20,22,25-26H,3-4,11-12,14H2,1-2H3. The van der Waals surface area contributed by atoms with Crippen LogP contribution in [0.15, 0.2) is 42.5 Å². The number of rotatable bonds is 5. The fraction of sp³-hybridized carbons (Fsp3) is 0.435. The van der Waals surface area contributed by atoms with Gasteiger partial charge in [0.25, 0.3) is 0 Å². The van der Waals surface area contributed by atoms with Crippen molar-refractivity contribution >= 4 is 11.6 Å². The average Bonchev–Trinajstić information content (AvgIpc) is 2.75. The summed E-state index contributed by atoms with van der Waals surface area (Å²) >= 11 is 0. The molecule has 2 heterocycles. The second-order valence-electron chi connectivity index (χ2n) is 7.93. The van der Waals surface area contributed by atoms with Gasteiger partial charge >= 0.3 is 0 Å². The Labute approximate surface area is 171 Å². The van der Waals surface area contributed by atoms with E-state index in [-0.39, 0.29) is 29.7 Å². The van der Waals surface area contributed by atoms with Gasteiger partial charge in [-0.25, -0.2) is 4.39 Å². The monoisotopic (exact) mass is 397 g/mol. The number of halogens is 1. The highest BCUT2D eigenvalue weighted by Gasteiger charge is 2.33. The van der Waals surface area contributed by atoms with Crippen molar-refractivity contribution in [2.75, 3.05) is 32.1 Å². The van der Waals surface area contributed by atoms with E-state index in [0.717, 1.165) is 42.0 Å². The molecule has 0 aromatic heterocycles. The number of nitrogens with one attached hydrogen (secondary N) is 2. The molecule has 2 aromatic rings. The molecule has 2 aliphatic heterocycles. The smallest absolute Gasteiger partial charge is 0.231 e. The van der Waals surface area contributed by atoms with Gasteiger partial charge in [-0.3, -0.25) is 4.79 Å². The Hall–Kier alpha value is -2.44. The van der Waals surface area contributed by atoms with Gasteiger partial charge < -0.3 is 20.3 Å². The average molecular weight is 397 g/mol. The van der Waals surface area contributed by atoms with Crippen LogP contribution in [0.1, 0.15) is 30.0 Å². The second-order valence-corrected chi connectivity index (χ2v) is 7.93. The Balaban J connectivity index is 1.47. The van der Waals surface area contributed by atoms with Gasteiger partial charge in [-0.05, 0) is 67.3 Å². The zero-order chi connectivity index (χ0) is 20.4. The van der Waals surface area contributed by atoms with E-state index in [1.165, 1.54) is 12.1 Å². The van der Waals surface area contributed by atoms with Gasteiger partial charge in [-0.1, -0.05) is 12.1 Å². The lowest BCUT2D eigenvalue weighted by Crippen LogP contribution is -2.50. The first-order valence-corrected chi connectivity index (χ1v) is 10.2. The number of piperidine rings is 1. The molecule has 5 nitrogen and oxygen atoms in total. The molecule has 3 atom stereocenters. The lowest BCUT2D eigenvalue weighted by atomic mass is 9.89. The third kappa shape index (κ3) is 4.14. The molecule has 2 aliphatic rings. The fourth-order valence-electron chi connectivity index (χ4n) is 4.51. The number of amides is 1. The third-order valence-electron chi connectivity index (χ3n) is 6.11. The summed E-state index contributed by atoms with van der Waals surface area (Å²) in [7, 11) is 3.49. The fourth-order valence-corrected chi connectivity index (χ4v) is 4.51. The highest BCUT2D eigenvalue weighted by molar-refractivity contribution is 5.97. The SMILES string of the molecule is COc1ccc2c(c1)CC(CNC1CCCNC1c1ccc(F)cc1)C(=O)N2C.